The summed E-state index contributed by atoms with van der Waals surface area (Å²) in [5, 5.41) is 10.8. The van der Waals surface area contributed by atoms with Gasteiger partial charge in [-0.25, -0.2) is 9.79 Å². The number of alkyl carbamates (subject to hydrolysis) is 1. The van der Waals surface area contributed by atoms with Gasteiger partial charge in [-0.05, 0) is 17.7 Å². The second kappa shape index (κ2) is 9.88. The smallest absolute Gasteiger partial charge is 0.409 e. The van der Waals surface area contributed by atoms with Gasteiger partial charge in [0.15, 0.2) is 11.6 Å². The summed E-state index contributed by atoms with van der Waals surface area (Å²) in [7, 11) is 0. The van der Waals surface area contributed by atoms with Gasteiger partial charge in [0.1, 0.15) is 6.61 Å². The summed E-state index contributed by atoms with van der Waals surface area (Å²) in [5.41, 5.74) is 1.13. The number of hydrogen-bond donors (Lipinski definition) is 1. The van der Waals surface area contributed by atoms with Crippen molar-refractivity contribution in [3.63, 3.8) is 0 Å². The van der Waals surface area contributed by atoms with Gasteiger partial charge in [-0.15, -0.1) is 4.80 Å². The summed E-state index contributed by atoms with van der Waals surface area (Å²) in [6.07, 6.45) is 0.779. The minimum atomic E-state index is -1.36. The molecule has 0 aliphatic carbocycles. The molecular formula is C25H26N6O4. The van der Waals surface area contributed by atoms with Gasteiger partial charge in [0.05, 0.1) is 24.6 Å². The second-order valence-corrected chi connectivity index (χ2v) is 8.99. The minimum absolute atomic E-state index is 0.0251. The molecule has 2 aromatic carbocycles. The van der Waals surface area contributed by atoms with Crippen molar-refractivity contribution in [3.05, 3.63) is 78.1 Å². The number of Topliss-reactive ketones (excluding diaryl/α,β-unsaturated/α-hetero) is 1. The van der Waals surface area contributed by atoms with Gasteiger partial charge in [0, 0.05) is 11.0 Å². The van der Waals surface area contributed by atoms with Crippen LogP contribution >= 0.6 is 0 Å². The fourth-order valence-corrected chi connectivity index (χ4v) is 3.41. The highest BCUT2D eigenvalue weighted by molar-refractivity contribution is 6.14. The second-order valence-electron chi connectivity index (χ2n) is 8.99. The average molecular weight is 475 g/mol. The first-order chi connectivity index (χ1) is 16.7. The Morgan fingerprint density at radius 1 is 1.00 bits per heavy atom. The van der Waals surface area contributed by atoms with Gasteiger partial charge in [-0.2, -0.15) is 10.2 Å². The number of anilines is 1. The number of ketones is 1. The van der Waals surface area contributed by atoms with Crippen LogP contribution in [0.4, 0.5) is 10.5 Å². The molecule has 2 amide bonds. The molecule has 1 aliphatic rings. The van der Waals surface area contributed by atoms with E-state index in [1.807, 2.05) is 30.3 Å². The Labute approximate surface area is 202 Å². The van der Waals surface area contributed by atoms with Crippen molar-refractivity contribution in [2.45, 2.75) is 33.5 Å². The standard InChI is InChI=1S/C25H26N6O4/c1-25(2,3)20(32)15-30-19-12-8-7-11-18(19)22(31-26-13-14-27-31)28-21(23(30)33)29-24(34)35-16-17-9-5-4-6-10-17/h4-14,21H,15-16H2,1-3H3,(H,29,34). The summed E-state index contributed by atoms with van der Waals surface area (Å²) in [6, 6.07) is 16.2. The molecule has 3 aromatic rings. The van der Waals surface area contributed by atoms with E-state index < -0.39 is 23.6 Å². The number of fused-ring (bicyclic) bond motifs is 1. The molecule has 10 heteroatoms. The van der Waals surface area contributed by atoms with E-state index in [-0.39, 0.29) is 24.8 Å². The van der Waals surface area contributed by atoms with Crippen molar-refractivity contribution in [1.82, 2.24) is 20.3 Å². The van der Waals surface area contributed by atoms with Crippen LogP contribution in [0.3, 0.4) is 0 Å². The highest BCUT2D eigenvalue weighted by atomic mass is 16.5. The number of para-hydroxylation sites is 1. The molecule has 0 bridgehead atoms. The molecule has 0 saturated heterocycles. The first-order valence-corrected chi connectivity index (χ1v) is 11.1. The molecule has 1 N–H and O–H groups in total. The Hall–Kier alpha value is -4.34. The molecule has 1 aliphatic heterocycles. The van der Waals surface area contributed by atoms with Gasteiger partial charge in [-0.1, -0.05) is 63.2 Å². The van der Waals surface area contributed by atoms with Crippen LogP contribution in [-0.2, 0) is 20.9 Å². The molecule has 0 radical (unpaired) electrons. The third-order valence-electron chi connectivity index (χ3n) is 5.40. The molecule has 0 spiro atoms. The Bertz CT molecular complexity index is 1250. The van der Waals surface area contributed by atoms with E-state index in [0.717, 1.165) is 5.56 Å². The summed E-state index contributed by atoms with van der Waals surface area (Å²) in [4.78, 5) is 46.3. The summed E-state index contributed by atoms with van der Waals surface area (Å²) < 4.78 is 5.30. The fraction of sp³-hybridized carbons (Fsp3) is 0.280. The van der Waals surface area contributed by atoms with Crippen LogP contribution in [0.5, 0.6) is 0 Å². The number of amides is 2. The van der Waals surface area contributed by atoms with Gasteiger partial charge >= 0.3 is 6.09 Å². The lowest BCUT2D eigenvalue weighted by molar-refractivity contribution is -0.127. The molecule has 35 heavy (non-hydrogen) atoms. The van der Waals surface area contributed by atoms with E-state index in [1.165, 1.54) is 22.1 Å². The first-order valence-electron chi connectivity index (χ1n) is 11.1. The number of benzodiazepines with no additional fused rings is 1. The maximum atomic E-state index is 13.6. The number of nitrogens with one attached hydrogen (secondary N) is 1. The predicted octanol–water partition coefficient (Wildman–Crippen LogP) is 2.79. The maximum Gasteiger partial charge on any atom is 0.409 e. The quantitative estimate of drug-likeness (QED) is 0.607. The van der Waals surface area contributed by atoms with Gasteiger partial charge in [0.2, 0.25) is 6.17 Å². The van der Waals surface area contributed by atoms with Crippen LogP contribution in [-0.4, -0.2) is 51.3 Å². The first kappa shape index (κ1) is 23.8. The predicted molar refractivity (Wildman–Crippen MR) is 129 cm³/mol. The fourth-order valence-electron chi connectivity index (χ4n) is 3.41. The van der Waals surface area contributed by atoms with Gasteiger partial charge in [-0.3, -0.25) is 14.9 Å². The summed E-state index contributed by atoms with van der Waals surface area (Å²) >= 11 is 0. The highest BCUT2D eigenvalue weighted by Crippen LogP contribution is 2.27. The van der Waals surface area contributed by atoms with E-state index >= 15 is 0 Å². The van der Waals surface area contributed by atoms with Crippen LogP contribution in [0.25, 0.3) is 0 Å². The average Bonchev–Trinajstić information content (AvgIpc) is 3.35. The van der Waals surface area contributed by atoms with Crippen LogP contribution in [0.2, 0.25) is 0 Å². The highest BCUT2D eigenvalue weighted by Gasteiger charge is 2.36. The Kier molecular flexibility index (Phi) is 6.72. The number of ether oxygens (including phenoxy) is 1. The zero-order valence-corrected chi connectivity index (χ0v) is 19.7. The van der Waals surface area contributed by atoms with Crippen LogP contribution < -0.4 is 10.2 Å². The zero-order chi connectivity index (χ0) is 25.0. The largest absolute Gasteiger partial charge is 0.445 e. The molecule has 1 unspecified atom stereocenters. The van der Waals surface area contributed by atoms with E-state index in [4.69, 9.17) is 4.74 Å². The number of carbonyl (C=O) groups is 3. The van der Waals surface area contributed by atoms with Crippen molar-refractivity contribution >= 4 is 29.3 Å². The Morgan fingerprint density at radius 2 is 1.66 bits per heavy atom. The molecule has 1 atom stereocenters. The molecule has 4 rings (SSSR count). The number of aliphatic imine (C=N–C) groups is 1. The van der Waals surface area contributed by atoms with Crippen molar-refractivity contribution in [2.75, 3.05) is 11.4 Å². The van der Waals surface area contributed by atoms with Crippen LogP contribution in [0.15, 0.2) is 72.0 Å². The summed E-state index contributed by atoms with van der Waals surface area (Å²) in [5.74, 6) is -0.474. The molecule has 10 nitrogen and oxygen atoms in total. The number of benzene rings is 2. The van der Waals surface area contributed by atoms with E-state index in [2.05, 4.69) is 20.5 Å². The monoisotopic (exact) mass is 474 g/mol. The normalized spacial score (nSPS) is 15.6. The van der Waals surface area contributed by atoms with E-state index in [9.17, 15) is 14.4 Å². The third kappa shape index (κ3) is 5.43. The molecule has 1 aromatic heterocycles. The minimum Gasteiger partial charge on any atom is -0.445 e. The topological polar surface area (TPSA) is 119 Å². The van der Waals surface area contributed by atoms with Crippen molar-refractivity contribution in [2.24, 2.45) is 10.4 Å². The molecule has 180 valence electrons. The van der Waals surface area contributed by atoms with E-state index in [0.29, 0.717) is 11.3 Å². The summed E-state index contributed by atoms with van der Waals surface area (Å²) in [6.45, 7) is 5.20. The van der Waals surface area contributed by atoms with Gasteiger partial charge in [0.25, 0.3) is 5.91 Å². The lowest BCUT2D eigenvalue weighted by atomic mass is 9.90. The maximum absolute atomic E-state index is 13.6. The molecule has 0 saturated carbocycles. The zero-order valence-electron chi connectivity index (χ0n) is 19.7. The molecular weight excluding hydrogens is 448 g/mol. The van der Waals surface area contributed by atoms with Crippen LogP contribution in [0, 0.1) is 5.41 Å². The Morgan fingerprint density at radius 3 is 2.34 bits per heavy atom. The number of carbonyl (C=O) groups excluding carboxylic acids is 3. The Balaban J connectivity index is 1.68. The van der Waals surface area contributed by atoms with Crippen molar-refractivity contribution in [1.29, 1.82) is 0 Å². The molecule has 2 heterocycles. The SMILES string of the molecule is CC(C)(C)C(=O)CN1C(=O)C(NC(=O)OCc2ccccc2)N=C(n2nccn2)c2ccccc21. The number of aromatic nitrogens is 3. The van der Waals surface area contributed by atoms with Crippen molar-refractivity contribution < 1.29 is 19.1 Å². The number of rotatable bonds is 5. The number of nitrogens with zero attached hydrogens (tertiary/aromatic N) is 5. The number of hydrogen-bond acceptors (Lipinski definition) is 7. The van der Waals surface area contributed by atoms with Gasteiger partial charge < -0.3 is 9.64 Å². The van der Waals surface area contributed by atoms with Crippen molar-refractivity contribution in [3.8, 4) is 0 Å². The third-order valence-corrected chi connectivity index (χ3v) is 5.40. The molecule has 0 fully saturated rings. The lowest BCUT2D eigenvalue weighted by Gasteiger charge is -2.27. The van der Waals surface area contributed by atoms with Crippen LogP contribution in [0.1, 0.15) is 31.9 Å². The van der Waals surface area contributed by atoms with E-state index in [1.54, 1.807) is 45.0 Å². The lowest BCUT2D eigenvalue weighted by Crippen LogP contribution is -2.50.